The SMILES string of the molecule is CON(c1ccccc1)c1cc(Nc2c(C)nn(C)c2C)ncc1C(F)(F)F. The molecule has 3 rings (SSSR count). The molecule has 2 heterocycles. The Morgan fingerprint density at radius 2 is 1.82 bits per heavy atom. The van der Waals surface area contributed by atoms with E-state index in [1.807, 2.05) is 13.8 Å². The highest BCUT2D eigenvalue weighted by Gasteiger charge is 2.36. The molecule has 148 valence electrons. The Morgan fingerprint density at radius 3 is 2.36 bits per heavy atom. The summed E-state index contributed by atoms with van der Waals surface area (Å²) >= 11 is 0. The van der Waals surface area contributed by atoms with E-state index in [1.54, 1.807) is 42.1 Å². The topological polar surface area (TPSA) is 55.2 Å². The molecule has 6 nitrogen and oxygen atoms in total. The number of pyridine rings is 1. The fourth-order valence-corrected chi connectivity index (χ4v) is 2.89. The molecule has 0 fully saturated rings. The van der Waals surface area contributed by atoms with Crippen molar-refractivity contribution < 1.29 is 18.0 Å². The normalized spacial score (nSPS) is 11.5. The van der Waals surface area contributed by atoms with E-state index in [1.165, 1.54) is 13.2 Å². The van der Waals surface area contributed by atoms with Crippen molar-refractivity contribution in [3.8, 4) is 0 Å². The zero-order valence-electron chi connectivity index (χ0n) is 15.9. The number of nitrogens with one attached hydrogen (secondary N) is 1. The molecule has 0 bridgehead atoms. The number of para-hydroxylation sites is 1. The lowest BCUT2D eigenvalue weighted by Gasteiger charge is -2.25. The molecule has 1 N–H and O–H groups in total. The van der Waals surface area contributed by atoms with E-state index < -0.39 is 11.7 Å². The Morgan fingerprint density at radius 1 is 1.14 bits per heavy atom. The monoisotopic (exact) mass is 391 g/mol. The van der Waals surface area contributed by atoms with E-state index in [9.17, 15) is 13.2 Å². The predicted molar refractivity (Wildman–Crippen MR) is 101 cm³/mol. The van der Waals surface area contributed by atoms with Gasteiger partial charge in [-0.05, 0) is 26.0 Å². The summed E-state index contributed by atoms with van der Waals surface area (Å²) in [5, 5.41) is 8.49. The standard InChI is InChI=1S/C19H20F3N5O/c1-12-18(13(2)26(3)25-12)24-17-10-16(15(11-23-17)19(20,21)22)27(28-4)14-8-6-5-7-9-14/h5-11H,1-4H3,(H,23,24). The highest BCUT2D eigenvalue weighted by atomic mass is 19.4. The summed E-state index contributed by atoms with van der Waals surface area (Å²) in [4.78, 5) is 9.23. The zero-order chi connectivity index (χ0) is 20.5. The third kappa shape index (κ3) is 3.79. The molecule has 0 atom stereocenters. The second-order valence-corrected chi connectivity index (χ2v) is 6.19. The number of aryl methyl sites for hydroxylation is 2. The van der Waals surface area contributed by atoms with Crippen LogP contribution in [0.5, 0.6) is 0 Å². The lowest BCUT2D eigenvalue weighted by molar-refractivity contribution is -0.137. The Bertz CT molecular complexity index is 970. The lowest BCUT2D eigenvalue weighted by Crippen LogP contribution is -2.20. The number of halogens is 3. The Balaban J connectivity index is 2.09. The molecule has 0 aliphatic rings. The average Bonchev–Trinajstić information content (AvgIpc) is 2.89. The van der Waals surface area contributed by atoms with Gasteiger partial charge in [0.05, 0.1) is 35.6 Å². The third-order valence-electron chi connectivity index (χ3n) is 4.34. The number of alkyl halides is 3. The fourth-order valence-electron chi connectivity index (χ4n) is 2.89. The van der Waals surface area contributed by atoms with Crippen molar-refractivity contribution in [2.75, 3.05) is 17.5 Å². The largest absolute Gasteiger partial charge is 0.419 e. The van der Waals surface area contributed by atoms with Crippen molar-refractivity contribution in [3.05, 3.63) is 59.5 Å². The molecule has 1 aromatic carbocycles. The van der Waals surface area contributed by atoms with Gasteiger partial charge in [-0.25, -0.2) is 10.0 Å². The van der Waals surface area contributed by atoms with Crippen LogP contribution in [0, 0.1) is 13.8 Å². The number of hydrogen-bond acceptors (Lipinski definition) is 5. The van der Waals surface area contributed by atoms with Gasteiger partial charge >= 0.3 is 6.18 Å². The van der Waals surface area contributed by atoms with Gasteiger partial charge in [-0.15, -0.1) is 0 Å². The van der Waals surface area contributed by atoms with E-state index in [0.717, 1.165) is 22.6 Å². The quantitative estimate of drug-likeness (QED) is 0.628. The first-order valence-corrected chi connectivity index (χ1v) is 8.46. The van der Waals surface area contributed by atoms with Crippen LogP contribution in [0.15, 0.2) is 42.6 Å². The van der Waals surface area contributed by atoms with E-state index in [0.29, 0.717) is 11.4 Å². The summed E-state index contributed by atoms with van der Waals surface area (Å²) in [6.07, 6.45) is -3.79. The van der Waals surface area contributed by atoms with E-state index in [2.05, 4.69) is 15.4 Å². The first-order valence-electron chi connectivity index (χ1n) is 8.46. The molecule has 0 saturated heterocycles. The average molecular weight is 391 g/mol. The van der Waals surface area contributed by atoms with Gasteiger partial charge in [-0.1, -0.05) is 18.2 Å². The molecule has 0 radical (unpaired) electrons. The van der Waals surface area contributed by atoms with Gasteiger partial charge in [0.25, 0.3) is 0 Å². The van der Waals surface area contributed by atoms with Crippen LogP contribution in [-0.4, -0.2) is 21.9 Å². The van der Waals surface area contributed by atoms with Crippen LogP contribution in [0.2, 0.25) is 0 Å². The minimum atomic E-state index is -4.59. The van der Waals surface area contributed by atoms with E-state index in [4.69, 9.17) is 4.84 Å². The predicted octanol–water partition coefficient (Wildman–Crippen LogP) is 4.89. The van der Waals surface area contributed by atoms with Gasteiger partial charge in [0, 0.05) is 19.3 Å². The van der Waals surface area contributed by atoms with Gasteiger partial charge < -0.3 is 5.32 Å². The summed E-state index contributed by atoms with van der Waals surface area (Å²) in [5.41, 5.74) is 1.65. The number of hydrogen-bond donors (Lipinski definition) is 1. The van der Waals surface area contributed by atoms with E-state index in [-0.39, 0.29) is 11.5 Å². The van der Waals surface area contributed by atoms with Crippen molar-refractivity contribution in [2.45, 2.75) is 20.0 Å². The van der Waals surface area contributed by atoms with Gasteiger partial charge in [-0.3, -0.25) is 9.52 Å². The maximum Gasteiger partial charge on any atom is 0.419 e. The van der Waals surface area contributed by atoms with Crippen molar-refractivity contribution in [2.24, 2.45) is 7.05 Å². The molecule has 0 saturated carbocycles. The highest BCUT2D eigenvalue weighted by molar-refractivity contribution is 5.70. The summed E-state index contributed by atoms with van der Waals surface area (Å²) < 4.78 is 42.5. The third-order valence-corrected chi connectivity index (χ3v) is 4.34. The molecule has 0 aliphatic heterocycles. The van der Waals surface area contributed by atoms with Crippen LogP contribution >= 0.6 is 0 Å². The number of nitrogens with zero attached hydrogens (tertiary/aromatic N) is 4. The first-order chi connectivity index (χ1) is 13.2. The Hall–Kier alpha value is -3.07. The van der Waals surface area contributed by atoms with Gasteiger partial charge in [0.1, 0.15) is 11.4 Å². The number of rotatable bonds is 5. The molecular formula is C19H20F3N5O. The van der Waals surface area contributed by atoms with Crippen LogP contribution in [0.25, 0.3) is 0 Å². The summed E-state index contributed by atoms with van der Waals surface area (Å²) in [6.45, 7) is 3.67. The van der Waals surface area contributed by atoms with Crippen LogP contribution < -0.4 is 10.4 Å². The minimum absolute atomic E-state index is 0.169. The van der Waals surface area contributed by atoms with E-state index >= 15 is 0 Å². The lowest BCUT2D eigenvalue weighted by atomic mass is 10.2. The second-order valence-electron chi connectivity index (χ2n) is 6.19. The molecule has 0 aliphatic carbocycles. The maximum atomic E-state index is 13.6. The summed E-state index contributed by atoms with van der Waals surface area (Å²) in [6, 6.07) is 9.84. The zero-order valence-corrected chi connectivity index (χ0v) is 15.9. The van der Waals surface area contributed by atoms with Gasteiger partial charge in [0.15, 0.2) is 0 Å². The van der Waals surface area contributed by atoms with Crippen LogP contribution in [0.3, 0.4) is 0 Å². The van der Waals surface area contributed by atoms with Gasteiger partial charge in [0.2, 0.25) is 0 Å². The summed E-state index contributed by atoms with van der Waals surface area (Å²) in [7, 11) is 3.11. The molecule has 0 spiro atoms. The Kier molecular flexibility index (Phi) is 5.28. The van der Waals surface area contributed by atoms with Crippen LogP contribution in [0.1, 0.15) is 17.0 Å². The summed E-state index contributed by atoms with van der Waals surface area (Å²) in [5.74, 6) is 0.250. The molecule has 28 heavy (non-hydrogen) atoms. The molecule has 3 aromatic rings. The van der Waals surface area contributed by atoms with Crippen molar-refractivity contribution in [3.63, 3.8) is 0 Å². The molecule has 0 amide bonds. The van der Waals surface area contributed by atoms with Crippen molar-refractivity contribution in [1.29, 1.82) is 0 Å². The molecule has 0 unspecified atom stereocenters. The smallest absolute Gasteiger partial charge is 0.337 e. The second kappa shape index (κ2) is 7.51. The highest BCUT2D eigenvalue weighted by Crippen LogP contribution is 2.40. The van der Waals surface area contributed by atoms with Crippen molar-refractivity contribution in [1.82, 2.24) is 14.8 Å². The number of aromatic nitrogens is 3. The maximum absolute atomic E-state index is 13.6. The number of anilines is 4. The molecular weight excluding hydrogens is 371 g/mol. The molecule has 9 heteroatoms. The first kappa shape index (κ1) is 19.7. The van der Waals surface area contributed by atoms with Crippen molar-refractivity contribution >= 4 is 22.9 Å². The minimum Gasteiger partial charge on any atom is -0.337 e. The van der Waals surface area contributed by atoms with Gasteiger partial charge in [-0.2, -0.15) is 18.3 Å². The van der Waals surface area contributed by atoms with Crippen LogP contribution in [-0.2, 0) is 18.1 Å². The number of benzene rings is 1. The molecule has 2 aromatic heterocycles. The fraction of sp³-hybridized carbons (Fsp3) is 0.263. The van der Waals surface area contributed by atoms with Crippen LogP contribution in [0.4, 0.5) is 36.1 Å². The Labute approximate surface area is 160 Å².